The molecular formula is C18H15NO3. The number of hydrogen-bond acceptors (Lipinski definition) is 3. The quantitative estimate of drug-likeness (QED) is 0.779. The number of fused-ring (bicyclic) bond motifs is 2. The molecule has 0 spiro atoms. The minimum absolute atomic E-state index is 0.243. The van der Waals surface area contributed by atoms with Gasteiger partial charge in [0, 0.05) is 17.5 Å². The molecule has 0 radical (unpaired) electrons. The van der Waals surface area contributed by atoms with Crippen LogP contribution < -0.4 is 10.1 Å². The Labute approximate surface area is 127 Å². The van der Waals surface area contributed by atoms with Crippen molar-refractivity contribution in [2.75, 3.05) is 11.9 Å². The normalized spacial score (nSPS) is 13.0. The van der Waals surface area contributed by atoms with Crippen molar-refractivity contribution in [2.45, 2.75) is 13.3 Å². The van der Waals surface area contributed by atoms with Crippen LogP contribution in [-0.4, -0.2) is 12.5 Å². The molecule has 4 heteroatoms. The molecule has 0 saturated heterocycles. The van der Waals surface area contributed by atoms with Crippen molar-refractivity contribution in [3.63, 3.8) is 0 Å². The van der Waals surface area contributed by atoms with Crippen LogP contribution in [-0.2, 0) is 6.42 Å². The maximum atomic E-state index is 12.3. The van der Waals surface area contributed by atoms with E-state index in [4.69, 9.17) is 9.15 Å². The van der Waals surface area contributed by atoms with Crippen molar-refractivity contribution in [2.24, 2.45) is 0 Å². The van der Waals surface area contributed by atoms with Crippen LogP contribution in [0.1, 0.15) is 21.7 Å². The van der Waals surface area contributed by atoms with Crippen molar-refractivity contribution >= 4 is 22.6 Å². The van der Waals surface area contributed by atoms with Gasteiger partial charge in [0.05, 0.1) is 6.61 Å². The van der Waals surface area contributed by atoms with Crippen LogP contribution in [0.5, 0.6) is 5.75 Å². The van der Waals surface area contributed by atoms with Gasteiger partial charge in [-0.05, 0) is 48.4 Å². The molecule has 4 nitrogen and oxygen atoms in total. The Morgan fingerprint density at radius 3 is 2.95 bits per heavy atom. The maximum Gasteiger partial charge on any atom is 0.291 e. The van der Waals surface area contributed by atoms with Gasteiger partial charge < -0.3 is 14.5 Å². The highest BCUT2D eigenvalue weighted by Gasteiger charge is 2.15. The molecule has 0 saturated carbocycles. The summed E-state index contributed by atoms with van der Waals surface area (Å²) >= 11 is 0. The topological polar surface area (TPSA) is 51.5 Å². The fourth-order valence-electron chi connectivity index (χ4n) is 2.71. The molecule has 2 aromatic carbocycles. The van der Waals surface area contributed by atoms with E-state index in [1.54, 1.807) is 6.07 Å². The molecule has 4 rings (SSSR count). The second kappa shape index (κ2) is 4.91. The van der Waals surface area contributed by atoms with Crippen LogP contribution >= 0.6 is 0 Å². The van der Waals surface area contributed by atoms with E-state index in [2.05, 4.69) is 5.32 Å². The Kier molecular flexibility index (Phi) is 2.89. The number of aryl methyl sites for hydroxylation is 1. The third-order valence-electron chi connectivity index (χ3n) is 3.85. The number of furan rings is 1. The van der Waals surface area contributed by atoms with Gasteiger partial charge in [0.15, 0.2) is 5.76 Å². The number of anilines is 1. The predicted molar refractivity (Wildman–Crippen MR) is 84.5 cm³/mol. The van der Waals surface area contributed by atoms with Crippen LogP contribution in [0, 0.1) is 6.92 Å². The first kappa shape index (κ1) is 13.0. The zero-order valence-electron chi connectivity index (χ0n) is 12.2. The van der Waals surface area contributed by atoms with Crippen molar-refractivity contribution in [1.82, 2.24) is 0 Å². The molecule has 2 heterocycles. The Bertz CT molecular complexity index is 879. The van der Waals surface area contributed by atoms with Crippen LogP contribution in [0.3, 0.4) is 0 Å². The number of benzene rings is 2. The molecule has 3 aromatic rings. The minimum atomic E-state index is -0.243. The molecule has 1 aliphatic heterocycles. The Balaban J connectivity index is 1.60. The van der Waals surface area contributed by atoms with E-state index < -0.39 is 0 Å². The number of ether oxygens (including phenoxy) is 1. The van der Waals surface area contributed by atoms with E-state index >= 15 is 0 Å². The summed E-state index contributed by atoms with van der Waals surface area (Å²) in [5, 5.41) is 3.80. The first-order valence-corrected chi connectivity index (χ1v) is 7.26. The number of carbonyl (C=O) groups excluding carboxylic acids is 1. The smallest absolute Gasteiger partial charge is 0.291 e. The van der Waals surface area contributed by atoms with E-state index in [9.17, 15) is 4.79 Å². The Morgan fingerprint density at radius 1 is 1.14 bits per heavy atom. The number of nitrogens with one attached hydrogen (secondary N) is 1. The molecule has 0 bridgehead atoms. The average molecular weight is 293 g/mol. The number of carbonyl (C=O) groups is 1. The largest absolute Gasteiger partial charge is 0.493 e. The van der Waals surface area contributed by atoms with Crippen molar-refractivity contribution in [1.29, 1.82) is 0 Å². The van der Waals surface area contributed by atoms with Gasteiger partial charge in [0.1, 0.15) is 11.3 Å². The molecule has 0 unspecified atom stereocenters. The monoisotopic (exact) mass is 293 g/mol. The van der Waals surface area contributed by atoms with Gasteiger partial charge in [0.25, 0.3) is 5.91 Å². The van der Waals surface area contributed by atoms with Gasteiger partial charge in [0.2, 0.25) is 0 Å². The molecule has 22 heavy (non-hydrogen) atoms. The van der Waals surface area contributed by atoms with Crippen molar-refractivity contribution in [3.8, 4) is 5.75 Å². The highest BCUT2D eigenvalue weighted by atomic mass is 16.5. The lowest BCUT2D eigenvalue weighted by atomic mass is 10.1. The van der Waals surface area contributed by atoms with Gasteiger partial charge in [-0.2, -0.15) is 0 Å². The van der Waals surface area contributed by atoms with Crippen LogP contribution in [0.4, 0.5) is 5.69 Å². The molecule has 1 amide bonds. The van der Waals surface area contributed by atoms with Crippen LogP contribution in [0.15, 0.2) is 46.9 Å². The molecule has 0 atom stereocenters. The average Bonchev–Trinajstić information content (AvgIpc) is 3.12. The molecule has 1 aromatic heterocycles. The summed E-state index contributed by atoms with van der Waals surface area (Å²) in [6.07, 6.45) is 0.878. The molecule has 1 aliphatic rings. The summed E-state index contributed by atoms with van der Waals surface area (Å²) < 4.78 is 11.1. The molecule has 0 aliphatic carbocycles. The fourth-order valence-corrected chi connectivity index (χ4v) is 2.71. The summed E-state index contributed by atoms with van der Waals surface area (Å²) in [4.78, 5) is 12.3. The highest BCUT2D eigenvalue weighted by Crippen LogP contribution is 2.28. The second-order valence-corrected chi connectivity index (χ2v) is 5.53. The summed E-state index contributed by atoms with van der Waals surface area (Å²) in [6, 6.07) is 13.3. The third-order valence-corrected chi connectivity index (χ3v) is 3.85. The van der Waals surface area contributed by atoms with Crippen molar-refractivity contribution in [3.05, 3.63) is 59.4 Å². The Morgan fingerprint density at radius 2 is 2.05 bits per heavy atom. The lowest BCUT2D eigenvalue weighted by Crippen LogP contribution is -2.10. The van der Waals surface area contributed by atoms with Crippen LogP contribution in [0.25, 0.3) is 11.0 Å². The van der Waals surface area contributed by atoms with Crippen LogP contribution in [0.2, 0.25) is 0 Å². The standard InChI is InChI=1S/C18H15NO3/c1-11-2-3-12-10-17(22-16(12)8-11)18(20)19-14-4-5-15-13(9-14)6-7-21-15/h2-5,8-10H,6-7H2,1H3,(H,19,20). The first-order chi connectivity index (χ1) is 10.7. The maximum absolute atomic E-state index is 12.3. The molecular weight excluding hydrogens is 278 g/mol. The molecule has 0 fully saturated rings. The fraction of sp³-hybridized carbons (Fsp3) is 0.167. The van der Waals surface area contributed by atoms with Crippen molar-refractivity contribution < 1.29 is 13.9 Å². The van der Waals surface area contributed by atoms with Gasteiger partial charge in [-0.25, -0.2) is 0 Å². The summed E-state index contributed by atoms with van der Waals surface area (Å²) in [7, 11) is 0. The Hall–Kier alpha value is -2.75. The number of hydrogen-bond donors (Lipinski definition) is 1. The zero-order valence-corrected chi connectivity index (χ0v) is 12.2. The number of amides is 1. The van der Waals surface area contributed by atoms with E-state index in [1.165, 1.54) is 0 Å². The minimum Gasteiger partial charge on any atom is -0.493 e. The number of rotatable bonds is 2. The SMILES string of the molecule is Cc1ccc2cc(C(=O)Nc3ccc4c(c3)CCO4)oc2c1. The van der Waals surface area contributed by atoms with E-state index in [0.29, 0.717) is 12.4 Å². The van der Waals surface area contributed by atoms with E-state index in [0.717, 1.165) is 40.0 Å². The van der Waals surface area contributed by atoms with Gasteiger partial charge in [-0.1, -0.05) is 12.1 Å². The van der Waals surface area contributed by atoms with Gasteiger partial charge in [-0.3, -0.25) is 4.79 Å². The first-order valence-electron chi connectivity index (χ1n) is 7.26. The third kappa shape index (κ3) is 2.22. The van der Waals surface area contributed by atoms with E-state index in [-0.39, 0.29) is 5.91 Å². The summed E-state index contributed by atoms with van der Waals surface area (Å²) in [5.41, 5.74) is 3.71. The second-order valence-electron chi connectivity index (χ2n) is 5.53. The zero-order chi connectivity index (χ0) is 15.1. The molecule has 110 valence electrons. The predicted octanol–water partition coefficient (Wildman–Crippen LogP) is 3.93. The molecule has 1 N–H and O–H groups in total. The highest BCUT2D eigenvalue weighted by molar-refractivity contribution is 6.04. The lowest BCUT2D eigenvalue weighted by molar-refractivity contribution is 0.0998. The lowest BCUT2D eigenvalue weighted by Gasteiger charge is -2.05. The summed E-state index contributed by atoms with van der Waals surface area (Å²) in [6.45, 7) is 2.70. The van der Waals surface area contributed by atoms with E-state index in [1.807, 2.05) is 43.3 Å². The van der Waals surface area contributed by atoms with Gasteiger partial charge in [-0.15, -0.1) is 0 Å². The summed E-state index contributed by atoms with van der Waals surface area (Å²) in [5.74, 6) is 0.974. The van der Waals surface area contributed by atoms with Gasteiger partial charge >= 0.3 is 0 Å².